The molecule has 354 valence electrons. The molecule has 60 heavy (non-hydrogen) atoms. The van der Waals surface area contributed by atoms with Gasteiger partial charge in [0, 0.05) is 29.8 Å². The Morgan fingerprint density at radius 3 is 1.18 bits per heavy atom. The maximum Gasteiger partial charge on any atom is 0.469 e. The van der Waals surface area contributed by atoms with E-state index in [4.69, 9.17) is 70.3 Å². The fourth-order valence-corrected chi connectivity index (χ4v) is 34.2. The molecular formula is C35H79Cl3N2O12Si8. The van der Waals surface area contributed by atoms with Crippen LogP contribution in [0.5, 0.6) is 0 Å². The lowest BCUT2D eigenvalue weighted by atomic mass is 10.2. The fraction of sp³-hybridized carbons (Fsp3) is 0.771. The number of carbonyl (C=O) groups is 4. The number of carboxylic acids is 1. The highest BCUT2D eigenvalue weighted by Crippen LogP contribution is 2.31. The van der Waals surface area contributed by atoms with Gasteiger partial charge < -0.3 is 45.6 Å². The summed E-state index contributed by atoms with van der Waals surface area (Å²) in [5.74, 6) is -2.59. The number of cyclic esters (lactones) is 2. The third kappa shape index (κ3) is 39.5. The maximum absolute atomic E-state index is 11.9. The summed E-state index contributed by atoms with van der Waals surface area (Å²) in [7, 11) is -16.4. The number of esters is 2. The Balaban J connectivity index is -0.000000870. The lowest BCUT2D eigenvalue weighted by molar-refractivity contribution is -0.151. The number of nitrogens with two attached hydrogens (primary N) is 1. The van der Waals surface area contributed by atoms with Crippen LogP contribution >= 0.6 is 34.8 Å². The summed E-state index contributed by atoms with van der Waals surface area (Å²) in [5, 5.41) is 11.6. The normalized spacial score (nSPS) is 14.3. The van der Waals surface area contributed by atoms with E-state index in [0.717, 1.165) is 12.5 Å². The lowest BCUT2D eigenvalue weighted by Gasteiger charge is -2.43. The fourth-order valence-electron chi connectivity index (χ4n) is 4.87. The Labute approximate surface area is 385 Å². The van der Waals surface area contributed by atoms with Crippen LogP contribution in [0.1, 0.15) is 25.7 Å². The minimum Gasteiger partial charge on any atom is -0.478 e. The largest absolute Gasteiger partial charge is 0.478 e. The third-order valence-electron chi connectivity index (χ3n) is 5.97. The standard InChI is InChI=1S/C17H39NO6Si4.C12H35NO3Si4.C5H4O3.CHCl3/c1-15(17(20)21)14-16(19)18-12-11-13-28(22-25(2,3)4,23-26(5,6)7)24-27(8,9)10;1-17(2,3)14-20(12-10-11-13,15-18(4,5)6)16-19(7,8)9;1-3-2-4(6)8-5(3)7;2-1(3)4/h1,11-14H2,2-10H3,(H,18,19)(H,20,21);10-13H2,1-9H3;1-2H2;1H. The van der Waals surface area contributed by atoms with Crippen molar-refractivity contribution in [1.82, 2.24) is 5.32 Å². The molecule has 14 nitrogen and oxygen atoms in total. The van der Waals surface area contributed by atoms with E-state index in [1.54, 1.807) is 0 Å². The van der Waals surface area contributed by atoms with Crippen molar-refractivity contribution in [3.05, 3.63) is 24.3 Å². The summed E-state index contributed by atoms with van der Waals surface area (Å²) in [4.78, 5) is 43.1. The first-order chi connectivity index (χ1) is 26.5. The van der Waals surface area contributed by atoms with E-state index < -0.39 is 89.7 Å². The predicted octanol–water partition coefficient (Wildman–Crippen LogP) is 9.85. The van der Waals surface area contributed by atoms with Crippen molar-refractivity contribution in [3.8, 4) is 0 Å². The first-order valence-corrected chi connectivity index (χ1v) is 45.5. The van der Waals surface area contributed by atoms with Crippen molar-refractivity contribution in [3.63, 3.8) is 0 Å². The quantitative estimate of drug-likeness (QED) is 0.0232. The number of halogens is 3. The van der Waals surface area contributed by atoms with Crippen LogP contribution in [0.15, 0.2) is 24.3 Å². The van der Waals surface area contributed by atoms with Gasteiger partial charge in [-0.1, -0.05) is 48.0 Å². The molecule has 0 bridgehead atoms. The number of alkyl halides is 3. The molecule has 0 radical (unpaired) electrons. The van der Waals surface area contributed by atoms with Crippen LogP contribution < -0.4 is 11.1 Å². The second kappa shape index (κ2) is 27.4. The molecule has 1 aliphatic rings. The van der Waals surface area contributed by atoms with E-state index in [1.807, 2.05) is 0 Å². The van der Waals surface area contributed by atoms with Gasteiger partial charge in [0.05, 0.1) is 12.8 Å². The van der Waals surface area contributed by atoms with Gasteiger partial charge in [-0.15, -0.1) is 0 Å². The Morgan fingerprint density at radius 1 is 0.683 bits per heavy atom. The van der Waals surface area contributed by atoms with Gasteiger partial charge in [-0.25, -0.2) is 9.59 Å². The monoisotopic (exact) mass is 1050 g/mol. The molecule has 0 atom stereocenters. The number of hydrogen-bond acceptors (Lipinski definition) is 12. The summed E-state index contributed by atoms with van der Waals surface area (Å²) in [6.45, 7) is 46.8. The van der Waals surface area contributed by atoms with Crippen LogP contribution in [0.3, 0.4) is 0 Å². The van der Waals surface area contributed by atoms with Gasteiger partial charge in [0.25, 0.3) is 0 Å². The number of amides is 1. The van der Waals surface area contributed by atoms with Gasteiger partial charge in [0.15, 0.2) is 54.2 Å². The lowest BCUT2D eigenvalue weighted by Crippen LogP contribution is -2.60. The van der Waals surface area contributed by atoms with Crippen LogP contribution in [0, 0.1) is 0 Å². The van der Waals surface area contributed by atoms with Gasteiger partial charge in [0.2, 0.25) is 5.91 Å². The molecule has 1 rings (SSSR count). The first kappa shape index (κ1) is 64.2. The molecule has 0 aliphatic carbocycles. The van der Waals surface area contributed by atoms with Crippen LogP contribution in [0.4, 0.5) is 0 Å². The number of rotatable bonds is 22. The van der Waals surface area contributed by atoms with E-state index in [-0.39, 0.29) is 29.9 Å². The number of carboxylic acid groups (broad SMARTS) is 1. The predicted molar refractivity (Wildman–Crippen MR) is 267 cm³/mol. The Kier molecular flexibility index (Phi) is 29.3. The first-order valence-electron chi connectivity index (χ1n) is 19.9. The second-order valence-corrected chi connectivity index (χ2v) is 55.8. The summed E-state index contributed by atoms with van der Waals surface area (Å²) >= 11 is 14.4. The summed E-state index contributed by atoms with van der Waals surface area (Å²) in [6, 6.07) is 1.48. The molecule has 4 N–H and O–H groups in total. The molecule has 0 aromatic carbocycles. The molecule has 0 spiro atoms. The topological polar surface area (TPSA) is 191 Å². The number of hydrogen-bond donors (Lipinski definition) is 3. The summed E-state index contributed by atoms with van der Waals surface area (Å²) in [5.41, 5.74) is 5.84. The van der Waals surface area contributed by atoms with E-state index in [1.165, 1.54) is 0 Å². The SMILES string of the molecule is C=C(CC(=O)NCCC[Si](O[Si](C)(C)C)(O[Si](C)(C)C)O[Si](C)(C)C)C(=O)O.C=C1CC(=O)OC1=O.C[Si](C)(C)O[Si](CCCN)(O[Si](C)(C)C)O[Si](C)(C)C.ClC(Cl)Cl. The van der Waals surface area contributed by atoms with Crippen molar-refractivity contribution < 1.29 is 53.7 Å². The molecule has 1 amide bonds. The average Bonchev–Trinajstić information content (AvgIpc) is 3.22. The molecule has 0 saturated carbocycles. The highest BCUT2D eigenvalue weighted by atomic mass is 35.6. The van der Waals surface area contributed by atoms with Crippen molar-refractivity contribution in [2.45, 2.75) is 160 Å². The molecule has 1 heterocycles. The van der Waals surface area contributed by atoms with Gasteiger partial charge in [0.1, 0.15) is 0 Å². The van der Waals surface area contributed by atoms with Gasteiger partial charge in [-0.2, -0.15) is 0 Å². The zero-order valence-electron chi connectivity index (χ0n) is 39.8. The Bertz CT molecular complexity index is 1290. The second-order valence-electron chi connectivity index (χ2n) is 19.9. The van der Waals surface area contributed by atoms with E-state index in [9.17, 15) is 19.2 Å². The zero-order valence-corrected chi connectivity index (χ0v) is 50.1. The van der Waals surface area contributed by atoms with Crippen molar-refractivity contribution >= 4 is 126 Å². The Morgan fingerprint density at radius 2 is 0.983 bits per heavy atom. The number of aliphatic carboxylic acids is 1. The van der Waals surface area contributed by atoms with E-state index in [0.29, 0.717) is 25.6 Å². The smallest absolute Gasteiger partial charge is 0.469 e. The number of ether oxygens (including phenoxy) is 1. The molecule has 25 heteroatoms. The van der Waals surface area contributed by atoms with Crippen LogP contribution in [0.2, 0.25) is 130 Å². The molecule has 1 saturated heterocycles. The molecule has 1 aliphatic heterocycles. The summed E-state index contributed by atoms with van der Waals surface area (Å²) in [6.07, 6.45) is 1.40. The van der Waals surface area contributed by atoms with E-state index in [2.05, 4.69) is 141 Å². The molecule has 0 aromatic heterocycles. The maximum atomic E-state index is 11.9. The van der Waals surface area contributed by atoms with Crippen molar-refractivity contribution in [2.24, 2.45) is 5.73 Å². The minimum absolute atomic E-state index is 0.0544. The number of nitrogens with one attached hydrogen (secondary N) is 1. The highest BCUT2D eigenvalue weighted by Gasteiger charge is 2.50. The van der Waals surface area contributed by atoms with Crippen molar-refractivity contribution in [2.75, 3.05) is 13.1 Å². The van der Waals surface area contributed by atoms with Gasteiger partial charge in [-0.05, 0) is 137 Å². The van der Waals surface area contributed by atoms with Gasteiger partial charge in [-0.3, -0.25) is 9.59 Å². The average molecular weight is 1050 g/mol. The van der Waals surface area contributed by atoms with Crippen LogP contribution in [-0.4, -0.2) is 114 Å². The molecular weight excluding hydrogens is 971 g/mol. The Hall–Kier alpha value is -0.115. The van der Waals surface area contributed by atoms with Crippen LogP contribution in [0.25, 0.3) is 0 Å². The van der Waals surface area contributed by atoms with Crippen LogP contribution in [-0.2, 0) is 48.6 Å². The molecule has 0 aromatic rings. The summed E-state index contributed by atoms with van der Waals surface area (Å²) < 4.78 is 42.7. The zero-order chi connectivity index (χ0) is 48.4. The molecule has 0 unspecified atom stereocenters. The third-order valence-corrected chi connectivity index (χ3v) is 30.1. The van der Waals surface area contributed by atoms with E-state index >= 15 is 0 Å². The number of carbonyl (C=O) groups excluding carboxylic acids is 3. The molecule has 1 fully saturated rings. The van der Waals surface area contributed by atoms with Gasteiger partial charge >= 0.3 is 35.5 Å². The highest BCUT2D eigenvalue weighted by molar-refractivity contribution is 6.91. The minimum atomic E-state index is -2.90. The van der Waals surface area contributed by atoms with Crippen molar-refractivity contribution in [1.29, 1.82) is 0 Å².